The first kappa shape index (κ1) is 21.4. The van der Waals surface area contributed by atoms with Gasteiger partial charge in [-0.3, -0.25) is 9.59 Å². The SMILES string of the molecule is O=C(O)CCCCCCCNC(=O)C1CCCN1S(=O)(=O)c1ccccc1. The van der Waals surface area contributed by atoms with Crippen molar-refractivity contribution >= 4 is 21.9 Å². The molecule has 0 spiro atoms. The molecule has 1 amide bonds. The van der Waals surface area contributed by atoms with E-state index in [0.717, 1.165) is 25.7 Å². The molecular weight excluding hydrogens is 368 g/mol. The lowest BCUT2D eigenvalue weighted by atomic mass is 10.1. The number of rotatable bonds is 11. The lowest BCUT2D eigenvalue weighted by Gasteiger charge is -2.23. The molecule has 0 saturated carbocycles. The first-order valence-corrected chi connectivity index (χ1v) is 10.9. The highest BCUT2D eigenvalue weighted by Crippen LogP contribution is 2.26. The number of benzene rings is 1. The standard InChI is InChI=1S/C19H28N2O5S/c22-18(23)13-7-2-1-3-8-14-20-19(24)17-12-9-15-21(17)27(25,26)16-10-5-4-6-11-16/h4-6,10-11,17H,1-3,7-9,12-15H2,(H,20,24)(H,22,23). The van der Waals surface area contributed by atoms with E-state index >= 15 is 0 Å². The van der Waals surface area contributed by atoms with E-state index in [1.807, 2.05) is 0 Å². The second-order valence-electron chi connectivity index (χ2n) is 6.79. The maximum atomic E-state index is 12.8. The fourth-order valence-electron chi connectivity index (χ4n) is 3.28. The Labute approximate surface area is 160 Å². The van der Waals surface area contributed by atoms with Crippen molar-refractivity contribution < 1.29 is 23.1 Å². The number of nitrogens with zero attached hydrogens (tertiary/aromatic N) is 1. The van der Waals surface area contributed by atoms with Crippen LogP contribution >= 0.6 is 0 Å². The van der Waals surface area contributed by atoms with Gasteiger partial charge in [-0.15, -0.1) is 0 Å². The number of carbonyl (C=O) groups excluding carboxylic acids is 1. The zero-order valence-corrected chi connectivity index (χ0v) is 16.3. The molecule has 1 aromatic carbocycles. The molecule has 1 aliphatic rings. The molecule has 0 bridgehead atoms. The summed E-state index contributed by atoms with van der Waals surface area (Å²) in [6.45, 7) is 0.867. The monoisotopic (exact) mass is 396 g/mol. The number of nitrogens with one attached hydrogen (secondary N) is 1. The Kier molecular flexibility index (Phi) is 8.24. The maximum absolute atomic E-state index is 12.8. The molecular formula is C19H28N2O5S. The van der Waals surface area contributed by atoms with Gasteiger partial charge < -0.3 is 10.4 Å². The van der Waals surface area contributed by atoms with E-state index in [2.05, 4.69) is 5.32 Å². The topological polar surface area (TPSA) is 104 Å². The van der Waals surface area contributed by atoms with Gasteiger partial charge in [0, 0.05) is 19.5 Å². The van der Waals surface area contributed by atoms with Gasteiger partial charge in [-0.05, 0) is 37.8 Å². The Morgan fingerprint density at radius 2 is 1.74 bits per heavy atom. The van der Waals surface area contributed by atoms with Crippen molar-refractivity contribution in [2.24, 2.45) is 0 Å². The van der Waals surface area contributed by atoms with E-state index in [9.17, 15) is 18.0 Å². The van der Waals surface area contributed by atoms with E-state index in [1.165, 1.54) is 4.31 Å². The second kappa shape index (κ2) is 10.4. The van der Waals surface area contributed by atoms with Crippen LogP contribution in [0.25, 0.3) is 0 Å². The number of amides is 1. The molecule has 1 heterocycles. The zero-order chi connectivity index (χ0) is 19.7. The van der Waals surface area contributed by atoms with Crippen molar-refractivity contribution in [2.45, 2.75) is 62.3 Å². The van der Waals surface area contributed by atoms with Crippen LogP contribution in [-0.2, 0) is 19.6 Å². The molecule has 0 aliphatic carbocycles. The maximum Gasteiger partial charge on any atom is 0.303 e. The number of carboxylic acid groups (broad SMARTS) is 1. The molecule has 1 aromatic rings. The van der Waals surface area contributed by atoms with Gasteiger partial charge in [0.05, 0.1) is 4.90 Å². The fraction of sp³-hybridized carbons (Fsp3) is 0.579. The van der Waals surface area contributed by atoms with Gasteiger partial charge in [0.15, 0.2) is 0 Å². The number of unbranched alkanes of at least 4 members (excludes halogenated alkanes) is 4. The summed E-state index contributed by atoms with van der Waals surface area (Å²) in [4.78, 5) is 23.1. The van der Waals surface area contributed by atoms with Crippen LogP contribution in [0.5, 0.6) is 0 Å². The van der Waals surface area contributed by atoms with E-state index < -0.39 is 22.0 Å². The van der Waals surface area contributed by atoms with E-state index in [4.69, 9.17) is 5.11 Å². The predicted octanol–water partition coefficient (Wildman–Crippen LogP) is 2.38. The highest BCUT2D eigenvalue weighted by Gasteiger charge is 2.39. The fourth-order valence-corrected chi connectivity index (χ4v) is 4.96. The first-order chi connectivity index (χ1) is 12.9. The normalized spacial score (nSPS) is 17.7. The smallest absolute Gasteiger partial charge is 0.303 e. The number of hydrogen-bond donors (Lipinski definition) is 2. The molecule has 2 rings (SSSR count). The van der Waals surface area contributed by atoms with Crippen LogP contribution in [0.3, 0.4) is 0 Å². The average molecular weight is 397 g/mol. The average Bonchev–Trinajstić information content (AvgIpc) is 3.15. The van der Waals surface area contributed by atoms with Crippen LogP contribution in [0.4, 0.5) is 0 Å². The molecule has 1 fully saturated rings. The molecule has 7 nitrogen and oxygen atoms in total. The molecule has 0 radical (unpaired) electrons. The number of aliphatic carboxylic acids is 1. The van der Waals surface area contributed by atoms with Crippen LogP contribution in [0, 0.1) is 0 Å². The van der Waals surface area contributed by atoms with Gasteiger partial charge in [0.1, 0.15) is 6.04 Å². The van der Waals surface area contributed by atoms with E-state index in [1.54, 1.807) is 30.3 Å². The molecule has 27 heavy (non-hydrogen) atoms. The lowest BCUT2D eigenvalue weighted by molar-refractivity contribution is -0.137. The third kappa shape index (κ3) is 6.32. The second-order valence-corrected chi connectivity index (χ2v) is 8.68. The third-order valence-corrected chi connectivity index (χ3v) is 6.65. The zero-order valence-electron chi connectivity index (χ0n) is 15.5. The highest BCUT2D eigenvalue weighted by molar-refractivity contribution is 7.89. The number of hydrogen-bond acceptors (Lipinski definition) is 4. The third-order valence-electron chi connectivity index (χ3n) is 4.72. The summed E-state index contributed by atoms with van der Waals surface area (Å²) in [5.41, 5.74) is 0. The number of sulfonamides is 1. The summed E-state index contributed by atoms with van der Waals surface area (Å²) in [5, 5.41) is 11.4. The molecule has 2 N–H and O–H groups in total. The Morgan fingerprint density at radius 3 is 2.44 bits per heavy atom. The Morgan fingerprint density at radius 1 is 1.07 bits per heavy atom. The summed E-state index contributed by atoms with van der Waals surface area (Å²) >= 11 is 0. The van der Waals surface area contributed by atoms with Gasteiger partial charge in [0.2, 0.25) is 15.9 Å². The molecule has 1 aliphatic heterocycles. The van der Waals surface area contributed by atoms with Crippen LogP contribution in [0.1, 0.15) is 51.4 Å². The lowest BCUT2D eigenvalue weighted by Crippen LogP contribution is -2.46. The van der Waals surface area contributed by atoms with Gasteiger partial charge >= 0.3 is 5.97 Å². The Balaban J connectivity index is 1.76. The molecule has 0 aromatic heterocycles. The summed E-state index contributed by atoms with van der Waals surface area (Å²) in [6.07, 6.45) is 5.60. The predicted molar refractivity (Wildman–Crippen MR) is 102 cm³/mol. The van der Waals surface area contributed by atoms with Gasteiger partial charge in [-0.2, -0.15) is 4.31 Å². The van der Waals surface area contributed by atoms with Gasteiger partial charge in [-0.1, -0.05) is 37.5 Å². The van der Waals surface area contributed by atoms with Crippen molar-refractivity contribution in [1.82, 2.24) is 9.62 Å². The highest BCUT2D eigenvalue weighted by atomic mass is 32.2. The molecule has 1 atom stereocenters. The van der Waals surface area contributed by atoms with Gasteiger partial charge in [0.25, 0.3) is 0 Å². The van der Waals surface area contributed by atoms with Crippen molar-refractivity contribution in [2.75, 3.05) is 13.1 Å². The van der Waals surface area contributed by atoms with Crippen LogP contribution in [0.15, 0.2) is 35.2 Å². The van der Waals surface area contributed by atoms with Crippen molar-refractivity contribution in [3.63, 3.8) is 0 Å². The quantitative estimate of drug-likeness (QED) is 0.559. The van der Waals surface area contributed by atoms with Crippen LogP contribution < -0.4 is 5.32 Å². The summed E-state index contributed by atoms with van der Waals surface area (Å²) in [6, 6.07) is 7.56. The van der Waals surface area contributed by atoms with E-state index in [-0.39, 0.29) is 17.2 Å². The number of carbonyl (C=O) groups is 2. The van der Waals surface area contributed by atoms with Crippen molar-refractivity contribution in [1.29, 1.82) is 0 Å². The number of carboxylic acids is 1. The molecule has 1 unspecified atom stereocenters. The molecule has 8 heteroatoms. The van der Waals surface area contributed by atoms with Gasteiger partial charge in [-0.25, -0.2) is 8.42 Å². The first-order valence-electron chi connectivity index (χ1n) is 9.49. The van der Waals surface area contributed by atoms with E-state index in [0.29, 0.717) is 32.4 Å². The summed E-state index contributed by atoms with van der Waals surface area (Å²) < 4.78 is 26.9. The molecule has 1 saturated heterocycles. The van der Waals surface area contributed by atoms with Crippen LogP contribution in [0.2, 0.25) is 0 Å². The minimum Gasteiger partial charge on any atom is -0.481 e. The minimum atomic E-state index is -3.66. The minimum absolute atomic E-state index is 0.199. The Bertz CT molecular complexity index is 721. The summed E-state index contributed by atoms with van der Waals surface area (Å²) in [5.74, 6) is -1.01. The largest absolute Gasteiger partial charge is 0.481 e. The van der Waals surface area contributed by atoms with Crippen molar-refractivity contribution in [3.8, 4) is 0 Å². The van der Waals surface area contributed by atoms with Crippen LogP contribution in [-0.4, -0.2) is 48.8 Å². The Hall–Kier alpha value is -1.93. The molecule has 150 valence electrons. The summed E-state index contributed by atoms with van der Waals surface area (Å²) in [7, 11) is -3.66. The van der Waals surface area contributed by atoms with Crippen molar-refractivity contribution in [3.05, 3.63) is 30.3 Å².